The summed E-state index contributed by atoms with van der Waals surface area (Å²) >= 11 is 0. The largest absolute Gasteiger partial charge is 0.490 e. The molecule has 2 heterocycles. The summed E-state index contributed by atoms with van der Waals surface area (Å²) in [6.45, 7) is 2.43. The summed E-state index contributed by atoms with van der Waals surface area (Å²) in [5.41, 5.74) is 4.02. The first kappa shape index (κ1) is 24.9. The molecule has 2 amide bonds. The number of fused-ring (bicyclic) bond motifs is 1. The second-order valence-electron chi connectivity index (χ2n) is 7.59. The minimum absolute atomic E-state index is 0.00201. The molecule has 3 rings (SSSR count). The molecule has 32 heavy (non-hydrogen) atoms. The van der Waals surface area contributed by atoms with Crippen molar-refractivity contribution in [2.75, 3.05) is 14.1 Å². The highest BCUT2D eigenvalue weighted by molar-refractivity contribution is 5.74. The lowest BCUT2D eigenvalue weighted by molar-refractivity contribution is -0.192. The van der Waals surface area contributed by atoms with E-state index in [4.69, 9.17) is 9.90 Å². The number of carbonyl (C=O) groups excluding carboxylic acids is 1. The van der Waals surface area contributed by atoms with E-state index >= 15 is 0 Å². The zero-order valence-electron chi connectivity index (χ0n) is 17.9. The number of nitrogens with one attached hydrogen (secondary N) is 1. The van der Waals surface area contributed by atoms with Gasteiger partial charge in [0.2, 0.25) is 0 Å². The van der Waals surface area contributed by atoms with E-state index in [-0.39, 0.29) is 17.6 Å². The molecule has 1 aliphatic carbocycles. The van der Waals surface area contributed by atoms with E-state index in [9.17, 15) is 22.8 Å². The molecule has 11 heteroatoms. The molecule has 0 spiro atoms. The fourth-order valence-electron chi connectivity index (χ4n) is 3.27. The maximum Gasteiger partial charge on any atom is 0.490 e. The highest BCUT2D eigenvalue weighted by atomic mass is 19.4. The van der Waals surface area contributed by atoms with E-state index in [0.29, 0.717) is 6.54 Å². The van der Waals surface area contributed by atoms with E-state index in [2.05, 4.69) is 10.3 Å². The number of alkyl halides is 3. The Bertz CT molecular complexity index is 1030. The van der Waals surface area contributed by atoms with Gasteiger partial charge in [0, 0.05) is 37.6 Å². The van der Waals surface area contributed by atoms with Crippen molar-refractivity contribution >= 4 is 12.0 Å². The third-order valence-electron chi connectivity index (χ3n) is 4.83. The maximum absolute atomic E-state index is 12.4. The lowest BCUT2D eigenvalue weighted by atomic mass is 9.91. The molecule has 174 valence electrons. The summed E-state index contributed by atoms with van der Waals surface area (Å²) in [5.74, 6) is -2.76. The molecular weight excluding hydrogens is 429 g/mol. The van der Waals surface area contributed by atoms with E-state index < -0.39 is 12.1 Å². The van der Waals surface area contributed by atoms with Crippen LogP contribution < -0.4 is 10.9 Å². The molecule has 1 atom stereocenters. The Morgan fingerprint density at radius 3 is 2.47 bits per heavy atom. The van der Waals surface area contributed by atoms with Gasteiger partial charge in [-0.25, -0.2) is 9.59 Å². The molecule has 0 radical (unpaired) electrons. The number of halogens is 3. The SMILES string of the molecule is Cc1cccc(Cn2c3c(ccc2=O)CC(NC(=O)N(C)C)CC3)n1.O=C(O)C(F)(F)F. The normalized spacial score (nSPS) is 15.1. The predicted molar refractivity (Wildman–Crippen MR) is 111 cm³/mol. The summed E-state index contributed by atoms with van der Waals surface area (Å²) in [5, 5.41) is 10.2. The van der Waals surface area contributed by atoms with Gasteiger partial charge in [0.1, 0.15) is 0 Å². The number of amides is 2. The van der Waals surface area contributed by atoms with Gasteiger partial charge < -0.3 is 19.9 Å². The molecule has 2 aromatic rings. The fraction of sp³-hybridized carbons (Fsp3) is 0.429. The van der Waals surface area contributed by atoms with Gasteiger partial charge in [-0.2, -0.15) is 13.2 Å². The number of aryl methyl sites for hydroxylation is 1. The van der Waals surface area contributed by atoms with Crippen LogP contribution in [0.15, 0.2) is 35.1 Å². The van der Waals surface area contributed by atoms with Gasteiger partial charge in [0.25, 0.3) is 5.56 Å². The van der Waals surface area contributed by atoms with Crippen LogP contribution in [0.3, 0.4) is 0 Å². The minimum Gasteiger partial charge on any atom is -0.475 e. The van der Waals surface area contributed by atoms with E-state index in [0.717, 1.165) is 41.9 Å². The van der Waals surface area contributed by atoms with Gasteiger partial charge in [-0.15, -0.1) is 0 Å². The van der Waals surface area contributed by atoms with Crippen molar-refractivity contribution in [1.29, 1.82) is 0 Å². The lowest BCUT2D eigenvalue weighted by Crippen LogP contribution is -2.44. The van der Waals surface area contributed by atoms with Crippen LogP contribution in [0.2, 0.25) is 0 Å². The number of carboxylic acid groups (broad SMARTS) is 1. The van der Waals surface area contributed by atoms with E-state index in [1.165, 1.54) is 0 Å². The number of urea groups is 1. The summed E-state index contributed by atoms with van der Waals surface area (Å²) in [7, 11) is 3.47. The van der Waals surface area contributed by atoms with Crippen LogP contribution in [0.1, 0.15) is 29.1 Å². The van der Waals surface area contributed by atoms with Gasteiger partial charge in [0.05, 0.1) is 12.2 Å². The highest BCUT2D eigenvalue weighted by Gasteiger charge is 2.38. The smallest absolute Gasteiger partial charge is 0.475 e. The molecular formula is C21H25F3N4O4. The zero-order valence-corrected chi connectivity index (χ0v) is 17.9. The van der Waals surface area contributed by atoms with Crippen LogP contribution in [0.4, 0.5) is 18.0 Å². The molecule has 0 fully saturated rings. The topological polar surface area (TPSA) is 105 Å². The van der Waals surface area contributed by atoms with Gasteiger partial charge in [-0.05, 0) is 43.9 Å². The average molecular weight is 454 g/mol. The number of hydrogen-bond donors (Lipinski definition) is 2. The molecule has 1 unspecified atom stereocenters. The van der Waals surface area contributed by atoms with Gasteiger partial charge >= 0.3 is 18.2 Å². The van der Waals surface area contributed by atoms with Gasteiger partial charge in [-0.3, -0.25) is 9.78 Å². The van der Waals surface area contributed by atoms with Crippen LogP contribution in [0.25, 0.3) is 0 Å². The van der Waals surface area contributed by atoms with Crippen molar-refractivity contribution < 1.29 is 27.9 Å². The summed E-state index contributed by atoms with van der Waals surface area (Å²) in [4.78, 5) is 39.2. The maximum atomic E-state index is 12.4. The molecule has 0 saturated heterocycles. The second kappa shape index (κ2) is 10.3. The third kappa shape index (κ3) is 6.82. The van der Waals surface area contributed by atoms with Gasteiger partial charge in [-0.1, -0.05) is 12.1 Å². The number of aromatic nitrogens is 2. The second-order valence-corrected chi connectivity index (χ2v) is 7.59. The average Bonchev–Trinajstić information content (AvgIpc) is 2.70. The Balaban J connectivity index is 0.000000451. The summed E-state index contributed by atoms with van der Waals surface area (Å²) in [6.07, 6.45) is -2.73. The number of rotatable bonds is 3. The molecule has 0 bridgehead atoms. The summed E-state index contributed by atoms with van der Waals surface area (Å²) in [6, 6.07) is 9.39. The Hall–Kier alpha value is -3.37. The Labute approximate surface area is 182 Å². The van der Waals surface area contributed by atoms with E-state index in [1.807, 2.05) is 35.8 Å². The first-order valence-corrected chi connectivity index (χ1v) is 9.80. The minimum atomic E-state index is -5.08. The third-order valence-corrected chi connectivity index (χ3v) is 4.83. The molecule has 8 nitrogen and oxygen atoms in total. The van der Waals surface area contributed by atoms with Crippen molar-refractivity contribution in [3.63, 3.8) is 0 Å². The zero-order chi connectivity index (χ0) is 24.1. The number of nitrogens with zero attached hydrogens (tertiary/aromatic N) is 3. The van der Waals surface area contributed by atoms with Crippen molar-refractivity contribution in [2.45, 2.75) is 44.9 Å². The van der Waals surface area contributed by atoms with Crippen LogP contribution >= 0.6 is 0 Å². The van der Waals surface area contributed by atoms with Gasteiger partial charge in [0.15, 0.2) is 0 Å². The number of carbonyl (C=O) groups is 2. The number of hydrogen-bond acceptors (Lipinski definition) is 4. The van der Waals surface area contributed by atoms with Crippen LogP contribution in [0, 0.1) is 6.92 Å². The standard InChI is InChI=1S/C19H24N4O2.C2HF3O2/c1-13-5-4-6-16(20-13)12-23-17-9-8-15(21-19(25)22(2)3)11-14(17)7-10-18(23)24;3-2(4,5)1(6)7/h4-7,10,15H,8-9,11-12H2,1-3H3,(H,21,25);(H,6,7). The summed E-state index contributed by atoms with van der Waals surface area (Å²) < 4.78 is 33.6. The molecule has 1 aliphatic rings. The fourth-order valence-corrected chi connectivity index (χ4v) is 3.27. The number of pyridine rings is 2. The molecule has 0 aliphatic heterocycles. The molecule has 0 saturated carbocycles. The molecule has 2 aromatic heterocycles. The van der Waals surface area contributed by atoms with Crippen molar-refractivity contribution in [3.8, 4) is 0 Å². The number of aliphatic carboxylic acids is 1. The lowest BCUT2D eigenvalue weighted by Gasteiger charge is -2.28. The highest BCUT2D eigenvalue weighted by Crippen LogP contribution is 2.21. The first-order valence-electron chi connectivity index (χ1n) is 9.80. The number of carboxylic acids is 1. The quantitative estimate of drug-likeness (QED) is 0.741. The van der Waals surface area contributed by atoms with Crippen LogP contribution in [-0.2, 0) is 24.2 Å². The monoisotopic (exact) mass is 454 g/mol. The van der Waals surface area contributed by atoms with Crippen molar-refractivity contribution in [1.82, 2.24) is 19.8 Å². The Kier molecular flexibility index (Phi) is 8.01. The van der Waals surface area contributed by atoms with Crippen molar-refractivity contribution in [3.05, 3.63) is 63.3 Å². The van der Waals surface area contributed by atoms with Crippen LogP contribution in [-0.4, -0.2) is 57.9 Å². The van der Waals surface area contributed by atoms with Crippen LogP contribution in [0.5, 0.6) is 0 Å². The van der Waals surface area contributed by atoms with Crippen molar-refractivity contribution in [2.24, 2.45) is 0 Å². The Morgan fingerprint density at radius 1 is 1.25 bits per heavy atom. The predicted octanol–water partition coefficient (Wildman–Crippen LogP) is 2.36. The Morgan fingerprint density at radius 2 is 1.91 bits per heavy atom. The molecule has 2 N–H and O–H groups in total. The molecule has 0 aromatic carbocycles. The van der Waals surface area contributed by atoms with E-state index in [1.54, 1.807) is 25.1 Å². The first-order chi connectivity index (χ1) is 14.9.